The molecule has 0 fully saturated rings. The molecule has 1 aromatic heterocycles. The summed E-state index contributed by atoms with van der Waals surface area (Å²) in [4.78, 5) is 10.9. The van der Waals surface area contributed by atoms with E-state index in [0.29, 0.717) is 17.3 Å². The molecular formula is C21H22N6. The zero-order valence-corrected chi connectivity index (χ0v) is 15.9. The van der Waals surface area contributed by atoms with Crippen molar-refractivity contribution < 1.29 is 0 Å². The number of aryl methyl sites for hydroxylation is 1. The van der Waals surface area contributed by atoms with Crippen LogP contribution in [0, 0.1) is 25.2 Å². The molecule has 0 saturated heterocycles. The fourth-order valence-corrected chi connectivity index (χ4v) is 2.89. The molecule has 0 aliphatic heterocycles. The molecular weight excluding hydrogens is 336 g/mol. The third kappa shape index (κ3) is 4.15. The van der Waals surface area contributed by atoms with Gasteiger partial charge in [-0.15, -0.1) is 0 Å². The van der Waals surface area contributed by atoms with Gasteiger partial charge in [0.1, 0.15) is 5.82 Å². The summed E-state index contributed by atoms with van der Waals surface area (Å²) in [5.41, 5.74) is 5.97. The van der Waals surface area contributed by atoms with Gasteiger partial charge < -0.3 is 15.5 Å². The lowest BCUT2D eigenvalue weighted by Crippen LogP contribution is -2.12. The topological polar surface area (TPSA) is 76.9 Å². The highest BCUT2D eigenvalue weighted by molar-refractivity contribution is 5.73. The second-order valence-electron chi connectivity index (χ2n) is 6.50. The highest BCUT2D eigenvalue weighted by atomic mass is 15.1. The van der Waals surface area contributed by atoms with Crippen LogP contribution in [0.15, 0.2) is 48.7 Å². The third-order valence-corrected chi connectivity index (χ3v) is 4.31. The zero-order valence-electron chi connectivity index (χ0n) is 15.9. The molecule has 6 nitrogen and oxygen atoms in total. The summed E-state index contributed by atoms with van der Waals surface area (Å²) in [6.07, 6.45) is 1.71. The Morgan fingerprint density at radius 2 is 1.70 bits per heavy atom. The van der Waals surface area contributed by atoms with Gasteiger partial charge in [-0.05, 0) is 61.4 Å². The summed E-state index contributed by atoms with van der Waals surface area (Å²) in [7, 11) is 4.07. The first-order valence-electron chi connectivity index (χ1n) is 8.62. The summed E-state index contributed by atoms with van der Waals surface area (Å²) in [6.45, 7) is 4.17. The number of nitrogens with zero attached hydrogens (tertiary/aromatic N) is 4. The van der Waals surface area contributed by atoms with Gasteiger partial charge >= 0.3 is 0 Å². The Balaban J connectivity index is 1.84. The normalized spacial score (nSPS) is 10.2. The average molecular weight is 358 g/mol. The Labute approximate surface area is 159 Å². The van der Waals surface area contributed by atoms with Gasteiger partial charge in [0.25, 0.3) is 0 Å². The number of hydrogen-bond acceptors (Lipinski definition) is 6. The Kier molecular flexibility index (Phi) is 5.23. The number of aromatic nitrogens is 2. The molecule has 0 aliphatic rings. The van der Waals surface area contributed by atoms with E-state index in [4.69, 9.17) is 5.26 Å². The van der Waals surface area contributed by atoms with Crippen molar-refractivity contribution in [3.05, 3.63) is 65.4 Å². The molecule has 0 radical (unpaired) electrons. The molecule has 6 heteroatoms. The number of rotatable bonds is 5. The Bertz CT molecular complexity index is 987. The molecule has 0 saturated carbocycles. The lowest BCUT2D eigenvalue weighted by molar-refractivity contribution is 1.11. The van der Waals surface area contributed by atoms with Crippen molar-refractivity contribution in [1.29, 1.82) is 5.26 Å². The second kappa shape index (κ2) is 7.75. The molecule has 0 aliphatic carbocycles. The van der Waals surface area contributed by atoms with E-state index < -0.39 is 0 Å². The van der Waals surface area contributed by atoms with Crippen LogP contribution in [0.4, 0.5) is 28.8 Å². The number of hydrogen-bond donors (Lipinski definition) is 2. The predicted octanol–water partition coefficient (Wildman–Crippen LogP) is 4.52. The minimum absolute atomic E-state index is 0.490. The van der Waals surface area contributed by atoms with Crippen molar-refractivity contribution in [1.82, 2.24) is 9.97 Å². The lowest BCUT2D eigenvalue weighted by Gasteiger charge is -2.20. The van der Waals surface area contributed by atoms with Crippen molar-refractivity contribution in [2.24, 2.45) is 0 Å². The molecule has 136 valence electrons. The van der Waals surface area contributed by atoms with Gasteiger partial charge in [0, 0.05) is 37.4 Å². The minimum atomic E-state index is 0.490. The largest absolute Gasteiger partial charge is 0.377 e. The fraction of sp³-hybridized carbons (Fsp3) is 0.190. The standard InChI is InChI=1S/C21H22N6/c1-14-5-10-18(27(3)4)15(2)20(14)25-19-11-12-23-21(26-19)24-17-8-6-16(13-22)7-9-17/h5-12H,1-4H3,(H2,23,24,25,26). The number of anilines is 5. The van der Waals surface area contributed by atoms with E-state index in [1.54, 1.807) is 18.3 Å². The first-order chi connectivity index (χ1) is 13.0. The van der Waals surface area contributed by atoms with E-state index >= 15 is 0 Å². The van der Waals surface area contributed by atoms with Crippen molar-refractivity contribution in [2.45, 2.75) is 13.8 Å². The molecule has 3 aromatic rings. The van der Waals surface area contributed by atoms with Gasteiger partial charge in [-0.2, -0.15) is 10.2 Å². The lowest BCUT2D eigenvalue weighted by atomic mass is 10.1. The second-order valence-corrected chi connectivity index (χ2v) is 6.50. The maximum atomic E-state index is 8.89. The summed E-state index contributed by atoms with van der Waals surface area (Å²) < 4.78 is 0. The summed E-state index contributed by atoms with van der Waals surface area (Å²) in [5.74, 6) is 1.20. The van der Waals surface area contributed by atoms with E-state index in [2.05, 4.69) is 57.6 Å². The maximum Gasteiger partial charge on any atom is 0.229 e. The molecule has 0 bridgehead atoms. The molecule has 0 atom stereocenters. The first kappa shape index (κ1) is 18.2. The SMILES string of the molecule is Cc1ccc(N(C)C)c(C)c1Nc1ccnc(Nc2ccc(C#N)cc2)n1. The summed E-state index contributed by atoms with van der Waals surface area (Å²) in [5, 5.41) is 15.5. The number of benzene rings is 2. The van der Waals surface area contributed by atoms with Crippen LogP contribution in [0.5, 0.6) is 0 Å². The molecule has 0 spiro atoms. The van der Waals surface area contributed by atoms with E-state index in [9.17, 15) is 0 Å². The Hall–Kier alpha value is -3.59. The third-order valence-electron chi connectivity index (χ3n) is 4.31. The van der Waals surface area contributed by atoms with Crippen molar-refractivity contribution >= 4 is 28.8 Å². The van der Waals surface area contributed by atoms with Crippen LogP contribution in [0.3, 0.4) is 0 Å². The summed E-state index contributed by atoms with van der Waals surface area (Å²) >= 11 is 0. The van der Waals surface area contributed by atoms with Crippen LogP contribution in [0.2, 0.25) is 0 Å². The Morgan fingerprint density at radius 3 is 2.37 bits per heavy atom. The molecule has 2 N–H and O–H groups in total. The van der Waals surface area contributed by atoms with Crippen LogP contribution in [0.1, 0.15) is 16.7 Å². The molecule has 3 rings (SSSR count). The van der Waals surface area contributed by atoms with Crippen LogP contribution in [-0.4, -0.2) is 24.1 Å². The highest BCUT2D eigenvalue weighted by Gasteiger charge is 2.10. The van der Waals surface area contributed by atoms with Crippen LogP contribution in [-0.2, 0) is 0 Å². The maximum absolute atomic E-state index is 8.89. The monoisotopic (exact) mass is 358 g/mol. The van der Waals surface area contributed by atoms with Crippen molar-refractivity contribution in [2.75, 3.05) is 29.6 Å². The number of nitriles is 1. The van der Waals surface area contributed by atoms with Crippen LogP contribution < -0.4 is 15.5 Å². The van der Waals surface area contributed by atoms with E-state index in [-0.39, 0.29) is 0 Å². The van der Waals surface area contributed by atoms with Gasteiger partial charge in [0.2, 0.25) is 5.95 Å². The van der Waals surface area contributed by atoms with E-state index in [1.165, 1.54) is 5.56 Å². The Morgan fingerprint density at radius 1 is 0.963 bits per heavy atom. The van der Waals surface area contributed by atoms with Gasteiger partial charge in [-0.1, -0.05) is 6.07 Å². The average Bonchev–Trinajstić information content (AvgIpc) is 2.66. The quantitative estimate of drug-likeness (QED) is 0.698. The molecule has 2 aromatic carbocycles. The van der Waals surface area contributed by atoms with Crippen LogP contribution in [0.25, 0.3) is 0 Å². The van der Waals surface area contributed by atoms with Gasteiger partial charge in [0.15, 0.2) is 0 Å². The van der Waals surface area contributed by atoms with Crippen LogP contribution >= 0.6 is 0 Å². The molecule has 27 heavy (non-hydrogen) atoms. The zero-order chi connectivity index (χ0) is 19.4. The fourth-order valence-electron chi connectivity index (χ4n) is 2.89. The first-order valence-corrected chi connectivity index (χ1v) is 8.62. The van der Waals surface area contributed by atoms with Crippen molar-refractivity contribution in [3.63, 3.8) is 0 Å². The highest BCUT2D eigenvalue weighted by Crippen LogP contribution is 2.31. The van der Waals surface area contributed by atoms with Gasteiger partial charge in [0.05, 0.1) is 11.6 Å². The molecule has 1 heterocycles. The number of nitrogens with one attached hydrogen (secondary N) is 2. The van der Waals surface area contributed by atoms with Gasteiger partial charge in [-0.25, -0.2) is 4.98 Å². The van der Waals surface area contributed by atoms with Gasteiger partial charge in [-0.3, -0.25) is 0 Å². The summed E-state index contributed by atoms with van der Waals surface area (Å²) in [6, 6.07) is 15.3. The molecule has 0 amide bonds. The smallest absolute Gasteiger partial charge is 0.229 e. The van der Waals surface area contributed by atoms with E-state index in [1.807, 2.05) is 32.3 Å². The van der Waals surface area contributed by atoms with E-state index in [0.717, 1.165) is 22.6 Å². The van der Waals surface area contributed by atoms with Crippen molar-refractivity contribution in [3.8, 4) is 6.07 Å². The molecule has 0 unspecified atom stereocenters. The minimum Gasteiger partial charge on any atom is -0.377 e. The predicted molar refractivity (Wildman–Crippen MR) is 110 cm³/mol.